The summed E-state index contributed by atoms with van der Waals surface area (Å²) >= 11 is 0. The summed E-state index contributed by atoms with van der Waals surface area (Å²) in [6, 6.07) is 1.93. The molecule has 0 aromatic carbocycles. The number of nitrogens with zero attached hydrogens (tertiary/aromatic N) is 4. The molecule has 0 N–H and O–H groups in total. The zero-order chi connectivity index (χ0) is 13.2. The van der Waals surface area contributed by atoms with Gasteiger partial charge >= 0.3 is 0 Å². The average Bonchev–Trinajstić information content (AvgIpc) is 2.64. The highest BCUT2D eigenvalue weighted by Gasteiger charge is 2.15. The van der Waals surface area contributed by atoms with Gasteiger partial charge in [-0.1, -0.05) is 0 Å². The number of Topliss-reactive ketones (excluding diaryl/α,β-unsaturated/α-hetero) is 1. The van der Waals surface area contributed by atoms with Crippen LogP contribution in [0.1, 0.15) is 23.7 Å². The maximum Gasteiger partial charge on any atom is 0.168 e. The second-order valence-corrected chi connectivity index (χ2v) is 4.62. The highest BCUT2D eigenvalue weighted by Crippen LogP contribution is 2.16. The number of ketones is 1. The van der Waals surface area contributed by atoms with Crippen LogP contribution in [-0.2, 0) is 4.74 Å². The molecule has 3 heterocycles. The molecule has 2 aromatic heterocycles. The molecule has 0 bridgehead atoms. The van der Waals surface area contributed by atoms with Crippen LogP contribution in [0.5, 0.6) is 0 Å². The van der Waals surface area contributed by atoms with Gasteiger partial charge < -0.3 is 9.64 Å². The number of rotatable bonds is 2. The van der Waals surface area contributed by atoms with Gasteiger partial charge in [-0.15, -0.1) is 0 Å². The number of anilines is 1. The van der Waals surface area contributed by atoms with E-state index in [9.17, 15) is 4.79 Å². The third kappa shape index (κ3) is 2.31. The van der Waals surface area contributed by atoms with Crippen LogP contribution in [0, 0.1) is 0 Å². The van der Waals surface area contributed by atoms with Crippen LogP contribution in [0.3, 0.4) is 0 Å². The molecule has 0 spiro atoms. The summed E-state index contributed by atoms with van der Waals surface area (Å²) in [6.45, 7) is 4.79. The summed E-state index contributed by atoms with van der Waals surface area (Å²) in [5.74, 6) is 0.861. The predicted molar refractivity (Wildman–Crippen MR) is 70.6 cm³/mol. The van der Waals surface area contributed by atoms with E-state index in [2.05, 4.69) is 15.0 Å². The highest BCUT2D eigenvalue weighted by molar-refractivity contribution is 5.99. The van der Waals surface area contributed by atoms with Gasteiger partial charge in [0, 0.05) is 25.9 Å². The number of hydrogen-bond acceptors (Lipinski definition) is 5. The largest absolute Gasteiger partial charge is 0.380 e. The first-order chi connectivity index (χ1) is 9.25. The molecular weight excluding hydrogens is 244 g/mol. The molecule has 1 aliphatic rings. The molecule has 0 saturated carbocycles. The number of hydrogen-bond donors (Lipinski definition) is 0. The summed E-state index contributed by atoms with van der Waals surface area (Å²) < 4.78 is 7.07. The Morgan fingerprint density at radius 1 is 1.37 bits per heavy atom. The molecule has 0 atom stereocenters. The first-order valence-electron chi connectivity index (χ1n) is 6.44. The number of aromatic nitrogens is 3. The van der Waals surface area contributed by atoms with Gasteiger partial charge in [-0.25, -0.2) is 9.50 Å². The lowest BCUT2D eigenvalue weighted by Gasteiger charge is -2.20. The van der Waals surface area contributed by atoms with Gasteiger partial charge in [-0.3, -0.25) is 4.79 Å². The van der Waals surface area contributed by atoms with Gasteiger partial charge in [-0.2, -0.15) is 5.10 Å². The third-order valence-electron chi connectivity index (χ3n) is 3.28. The maximum atomic E-state index is 11.5. The van der Waals surface area contributed by atoms with Crippen LogP contribution in [0.25, 0.3) is 5.65 Å². The minimum absolute atomic E-state index is 0.0150. The molecule has 3 rings (SSSR count). The summed E-state index contributed by atoms with van der Waals surface area (Å²) in [4.78, 5) is 18.3. The Morgan fingerprint density at radius 2 is 2.26 bits per heavy atom. The Balaban J connectivity index is 1.99. The van der Waals surface area contributed by atoms with E-state index < -0.39 is 0 Å². The second kappa shape index (κ2) is 4.97. The number of carbonyl (C=O) groups is 1. The van der Waals surface area contributed by atoms with Gasteiger partial charge in [0.05, 0.1) is 18.4 Å². The van der Waals surface area contributed by atoms with Crippen LogP contribution in [-0.4, -0.2) is 46.7 Å². The molecule has 1 aliphatic heterocycles. The Bertz CT molecular complexity index is 600. The predicted octanol–water partition coefficient (Wildman–Crippen LogP) is 1.16. The first kappa shape index (κ1) is 12.1. The molecular formula is C13H16N4O2. The first-order valence-corrected chi connectivity index (χ1v) is 6.44. The Hall–Kier alpha value is -1.95. The summed E-state index contributed by atoms with van der Waals surface area (Å²) in [7, 11) is 0. The van der Waals surface area contributed by atoms with E-state index in [1.54, 1.807) is 10.7 Å². The number of fused-ring (bicyclic) bond motifs is 1. The zero-order valence-corrected chi connectivity index (χ0v) is 10.9. The van der Waals surface area contributed by atoms with Crippen LogP contribution < -0.4 is 4.90 Å². The van der Waals surface area contributed by atoms with E-state index in [4.69, 9.17) is 4.74 Å². The maximum absolute atomic E-state index is 11.5. The average molecular weight is 260 g/mol. The lowest BCUT2D eigenvalue weighted by atomic mass is 10.2. The highest BCUT2D eigenvalue weighted by atomic mass is 16.5. The molecule has 6 heteroatoms. The van der Waals surface area contributed by atoms with E-state index in [-0.39, 0.29) is 5.78 Å². The van der Waals surface area contributed by atoms with Crippen molar-refractivity contribution < 1.29 is 9.53 Å². The molecule has 0 aliphatic carbocycles. The SMILES string of the molecule is CC(=O)c1cnn2ccc(N3CCCOCC3)nc12. The lowest BCUT2D eigenvalue weighted by Crippen LogP contribution is -2.27. The van der Waals surface area contributed by atoms with Crippen molar-refractivity contribution in [3.63, 3.8) is 0 Å². The van der Waals surface area contributed by atoms with E-state index in [1.165, 1.54) is 6.92 Å². The van der Waals surface area contributed by atoms with E-state index in [1.807, 2.05) is 12.3 Å². The quantitative estimate of drug-likeness (QED) is 0.758. The summed E-state index contributed by atoms with van der Waals surface area (Å²) in [5, 5.41) is 4.13. The van der Waals surface area contributed by atoms with Crippen molar-refractivity contribution in [3.8, 4) is 0 Å². The van der Waals surface area contributed by atoms with E-state index in [0.717, 1.165) is 31.9 Å². The fourth-order valence-electron chi connectivity index (χ4n) is 2.26. The number of carbonyl (C=O) groups excluding carboxylic acids is 1. The van der Waals surface area contributed by atoms with Crippen molar-refractivity contribution in [1.29, 1.82) is 0 Å². The zero-order valence-electron chi connectivity index (χ0n) is 10.9. The van der Waals surface area contributed by atoms with E-state index >= 15 is 0 Å². The smallest absolute Gasteiger partial charge is 0.168 e. The molecule has 19 heavy (non-hydrogen) atoms. The van der Waals surface area contributed by atoms with Gasteiger partial charge in [0.15, 0.2) is 11.4 Å². The van der Waals surface area contributed by atoms with Gasteiger partial charge in [0.1, 0.15) is 5.82 Å². The molecule has 1 fully saturated rings. The topological polar surface area (TPSA) is 59.7 Å². The van der Waals surface area contributed by atoms with Crippen LogP contribution in [0.4, 0.5) is 5.82 Å². The standard InChI is InChI=1S/C13H16N4O2/c1-10(18)11-9-14-17-5-3-12(15-13(11)17)16-4-2-7-19-8-6-16/h3,5,9H,2,4,6-8H2,1H3. The van der Waals surface area contributed by atoms with Crippen molar-refractivity contribution >= 4 is 17.2 Å². The minimum Gasteiger partial charge on any atom is -0.380 e. The minimum atomic E-state index is -0.0150. The summed E-state index contributed by atoms with van der Waals surface area (Å²) in [5.41, 5.74) is 1.18. The Kier molecular flexibility index (Phi) is 3.16. The Labute approximate surface area is 111 Å². The number of ether oxygens (including phenoxy) is 1. The molecule has 0 unspecified atom stereocenters. The summed E-state index contributed by atoms with van der Waals surface area (Å²) in [6.07, 6.45) is 4.40. The molecule has 1 saturated heterocycles. The molecule has 100 valence electrons. The molecule has 0 amide bonds. The van der Waals surface area contributed by atoms with Crippen molar-refractivity contribution in [1.82, 2.24) is 14.6 Å². The van der Waals surface area contributed by atoms with Crippen molar-refractivity contribution in [2.75, 3.05) is 31.2 Å². The Morgan fingerprint density at radius 3 is 3.11 bits per heavy atom. The van der Waals surface area contributed by atoms with Crippen molar-refractivity contribution in [3.05, 3.63) is 24.0 Å². The monoisotopic (exact) mass is 260 g/mol. The molecule has 2 aromatic rings. The van der Waals surface area contributed by atoms with Gasteiger partial charge in [0.2, 0.25) is 0 Å². The van der Waals surface area contributed by atoms with Crippen LogP contribution in [0.2, 0.25) is 0 Å². The van der Waals surface area contributed by atoms with E-state index in [0.29, 0.717) is 17.8 Å². The molecule has 6 nitrogen and oxygen atoms in total. The van der Waals surface area contributed by atoms with Crippen LogP contribution >= 0.6 is 0 Å². The lowest BCUT2D eigenvalue weighted by molar-refractivity contribution is 0.101. The fraction of sp³-hybridized carbons (Fsp3) is 0.462. The molecule has 0 radical (unpaired) electrons. The third-order valence-corrected chi connectivity index (χ3v) is 3.28. The van der Waals surface area contributed by atoms with Crippen molar-refractivity contribution in [2.24, 2.45) is 0 Å². The normalized spacial score (nSPS) is 16.6. The van der Waals surface area contributed by atoms with Crippen LogP contribution in [0.15, 0.2) is 18.5 Å². The van der Waals surface area contributed by atoms with Crippen molar-refractivity contribution in [2.45, 2.75) is 13.3 Å². The second-order valence-electron chi connectivity index (χ2n) is 4.62. The van der Waals surface area contributed by atoms with Gasteiger partial charge in [-0.05, 0) is 19.4 Å². The van der Waals surface area contributed by atoms with Gasteiger partial charge in [0.25, 0.3) is 0 Å². The fourth-order valence-corrected chi connectivity index (χ4v) is 2.26.